The molecule has 2 heteroatoms. The van der Waals surface area contributed by atoms with Gasteiger partial charge in [0.2, 0.25) is 0 Å². The maximum Gasteiger partial charge on any atom is 0.0249 e. The smallest absolute Gasteiger partial charge is 0.0249 e. The number of hydrogen-bond donors (Lipinski definition) is 1. The summed E-state index contributed by atoms with van der Waals surface area (Å²) in [7, 11) is 2.22. The lowest BCUT2D eigenvalue weighted by Gasteiger charge is -2.45. The van der Waals surface area contributed by atoms with E-state index < -0.39 is 0 Å². The van der Waals surface area contributed by atoms with Crippen molar-refractivity contribution in [1.29, 1.82) is 0 Å². The highest BCUT2D eigenvalue weighted by Crippen LogP contribution is 2.38. The first kappa shape index (κ1) is 14.0. The molecular formula is C14H30N2. The van der Waals surface area contributed by atoms with Gasteiger partial charge >= 0.3 is 0 Å². The molecule has 0 amide bonds. The third-order valence-corrected chi connectivity index (χ3v) is 4.43. The molecule has 1 aliphatic carbocycles. The minimum atomic E-state index is 0.367. The number of rotatable bonds is 2. The van der Waals surface area contributed by atoms with Crippen LogP contribution in [0.15, 0.2) is 0 Å². The molecule has 1 fully saturated rings. The Morgan fingerprint density at radius 1 is 1.19 bits per heavy atom. The van der Waals surface area contributed by atoms with E-state index in [9.17, 15) is 0 Å². The second-order valence-electron chi connectivity index (χ2n) is 6.87. The molecule has 16 heavy (non-hydrogen) atoms. The van der Waals surface area contributed by atoms with Crippen LogP contribution in [0.2, 0.25) is 0 Å². The van der Waals surface area contributed by atoms with E-state index in [-0.39, 0.29) is 0 Å². The summed E-state index contributed by atoms with van der Waals surface area (Å²) in [6.45, 7) is 11.6. The average molecular weight is 226 g/mol. The van der Waals surface area contributed by atoms with Crippen LogP contribution in [-0.2, 0) is 0 Å². The van der Waals surface area contributed by atoms with Gasteiger partial charge in [0, 0.05) is 18.1 Å². The predicted molar refractivity (Wildman–Crippen MR) is 71.5 cm³/mol. The Balaban J connectivity index is 2.69. The summed E-state index contributed by atoms with van der Waals surface area (Å²) in [5.74, 6) is 0.818. The number of nitrogens with two attached hydrogens (primary N) is 1. The van der Waals surface area contributed by atoms with Crippen LogP contribution in [-0.4, -0.2) is 30.1 Å². The highest BCUT2D eigenvalue weighted by atomic mass is 15.2. The number of hydrogen-bond acceptors (Lipinski definition) is 2. The number of nitrogens with zero attached hydrogens (tertiary/aromatic N) is 1. The molecular weight excluding hydrogens is 196 g/mol. The Morgan fingerprint density at radius 3 is 2.19 bits per heavy atom. The second-order valence-corrected chi connectivity index (χ2v) is 6.87. The molecule has 0 aromatic carbocycles. The van der Waals surface area contributed by atoms with Gasteiger partial charge in [-0.3, -0.25) is 4.90 Å². The predicted octanol–water partition coefficient (Wildman–Crippen LogP) is 2.87. The van der Waals surface area contributed by atoms with Gasteiger partial charge in [0.05, 0.1) is 0 Å². The van der Waals surface area contributed by atoms with Crippen LogP contribution in [0.4, 0.5) is 0 Å². The molecule has 0 aromatic rings. The van der Waals surface area contributed by atoms with Gasteiger partial charge in [0.25, 0.3) is 0 Å². The molecule has 1 aliphatic rings. The van der Waals surface area contributed by atoms with Crippen LogP contribution in [0.25, 0.3) is 0 Å². The topological polar surface area (TPSA) is 29.3 Å². The van der Waals surface area contributed by atoms with Crippen molar-refractivity contribution in [1.82, 2.24) is 4.90 Å². The third kappa shape index (κ3) is 3.21. The van der Waals surface area contributed by atoms with Gasteiger partial charge in [-0.25, -0.2) is 0 Å². The van der Waals surface area contributed by atoms with Crippen LogP contribution < -0.4 is 5.73 Å². The quantitative estimate of drug-likeness (QED) is 0.784. The first-order valence-electron chi connectivity index (χ1n) is 6.71. The first-order chi connectivity index (χ1) is 7.23. The largest absolute Gasteiger partial charge is 0.326 e. The molecule has 2 nitrogen and oxygen atoms in total. The van der Waals surface area contributed by atoms with Gasteiger partial charge in [-0.15, -0.1) is 0 Å². The van der Waals surface area contributed by atoms with Gasteiger partial charge in [0.1, 0.15) is 0 Å². The van der Waals surface area contributed by atoms with E-state index in [1.165, 1.54) is 19.3 Å². The van der Waals surface area contributed by atoms with E-state index in [4.69, 9.17) is 5.73 Å². The number of likely N-dealkylation sites (N-methyl/N-ethyl adjacent to an activating group) is 1. The van der Waals surface area contributed by atoms with Gasteiger partial charge in [-0.2, -0.15) is 0 Å². The average Bonchev–Trinajstić information content (AvgIpc) is 2.15. The Labute approximate surface area is 102 Å². The minimum absolute atomic E-state index is 0.367. The Kier molecular flexibility index (Phi) is 4.42. The van der Waals surface area contributed by atoms with E-state index in [0.717, 1.165) is 5.92 Å². The zero-order valence-corrected chi connectivity index (χ0v) is 12.0. The molecule has 1 rings (SSSR count). The fourth-order valence-corrected chi connectivity index (χ4v) is 2.81. The third-order valence-electron chi connectivity index (χ3n) is 4.43. The molecule has 3 atom stereocenters. The van der Waals surface area contributed by atoms with Crippen LogP contribution in [0.3, 0.4) is 0 Å². The fraction of sp³-hybridized carbons (Fsp3) is 1.00. The van der Waals surface area contributed by atoms with Crippen molar-refractivity contribution in [3.63, 3.8) is 0 Å². The van der Waals surface area contributed by atoms with Crippen molar-refractivity contribution >= 4 is 0 Å². The lowest BCUT2D eigenvalue weighted by Crippen LogP contribution is -2.53. The van der Waals surface area contributed by atoms with Crippen LogP contribution in [0, 0.1) is 11.3 Å². The lowest BCUT2D eigenvalue weighted by atomic mass is 9.69. The van der Waals surface area contributed by atoms with Gasteiger partial charge < -0.3 is 5.73 Å². The Hall–Kier alpha value is -0.0800. The van der Waals surface area contributed by atoms with E-state index in [1.54, 1.807) is 0 Å². The fourth-order valence-electron chi connectivity index (χ4n) is 2.81. The van der Waals surface area contributed by atoms with Crippen molar-refractivity contribution in [2.24, 2.45) is 17.1 Å². The highest BCUT2D eigenvalue weighted by molar-refractivity contribution is 4.92. The SMILES string of the molecule is CC(C)N(C)C1CC(C(C)(C)C)CCC1N. The van der Waals surface area contributed by atoms with Crippen LogP contribution in [0.5, 0.6) is 0 Å². The summed E-state index contributed by atoms with van der Waals surface area (Å²) in [5, 5.41) is 0. The van der Waals surface area contributed by atoms with E-state index in [2.05, 4.69) is 46.6 Å². The van der Waals surface area contributed by atoms with Gasteiger partial charge in [-0.05, 0) is 51.5 Å². The Morgan fingerprint density at radius 2 is 1.75 bits per heavy atom. The Bertz CT molecular complexity index is 217. The maximum absolute atomic E-state index is 6.28. The normalized spacial score (nSPS) is 32.4. The second kappa shape index (κ2) is 5.05. The molecule has 1 saturated carbocycles. The summed E-state index contributed by atoms with van der Waals surface area (Å²) in [5.41, 5.74) is 6.71. The molecule has 3 unspecified atom stereocenters. The van der Waals surface area contributed by atoms with Gasteiger partial charge in [-0.1, -0.05) is 20.8 Å². The maximum atomic E-state index is 6.28. The minimum Gasteiger partial charge on any atom is -0.326 e. The summed E-state index contributed by atoms with van der Waals surface area (Å²) >= 11 is 0. The molecule has 0 bridgehead atoms. The van der Waals surface area contributed by atoms with E-state index in [1.807, 2.05) is 0 Å². The molecule has 0 spiro atoms. The molecule has 0 saturated heterocycles. The lowest BCUT2D eigenvalue weighted by molar-refractivity contribution is 0.0685. The highest BCUT2D eigenvalue weighted by Gasteiger charge is 2.36. The van der Waals surface area contributed by atoms with Crippen molar-refractivity contribution in [3.05, 3.63) is 0 Å². The standard InChI is InChI=1S/C14H30N2/c1-10(2)16(6)13-9-11(14(3,4)5)7-8-12(13)15/h10-13H,7-9,15H2,1-6H3. The first-order valence-corrected chi connectivity index (χ1v) is 6.71. The van der Waals surface area contributed by atoms with Crippen LogP contribution >= 0.6 is 0 Å². The molecule has 0 radical (unpaired) electrons. The van der Waals surface area contributed by atoms with Crippen molar-refractivity contribution in [2.75, 3.05) is 7.05 Å². The zero-order chi connectivity index (χ0) is 12.5. The van der Waals surface area contributed by atoms with E-state index in [0.29, 0.717) is 23.5 Å². The van der Waals surface area contributed by atoms with Crippen molar-refractivity contribution in [3.8, 4) is 0 Å². The molecule has 2 N–H and O–H groups in total. The summed E-state index contributed by atoms with van der Waals surface area (Å²) < 4.78 is 0. The summed E-state index contributed by atoms with van der Waals surface area (Å²) in [4.78, 5) is 2.46. The van der Waals surface area contributed by atoms with Crippen LogP contribution in [0.1, 0.15) is 53.9 Å². The van der Waals surface area contributed by atoms with Crippen molar-refractivity contribution in [2.45, 2.75) is 72.0 Å². The van der Waals surface area contributed by atoms with Gasteiger partial charge in [0.15, 0.2) is 0 Å². The molecule has 0 aromatic heterocycles. The monoisotopic (exact) mass is 226 g/mol. The summed E-state index contributed by atoms with van der Waals surface area (Å²) in [6.07, 6.45) is 3.75. The molecule has 0 aliphatic heterocycles. The molecule has 96 valence electrons. The van der Waals surface area contributed by atoms with Crippen molar-refractivity contribution < 1.29 is 0 Å². The molecule has 0 heterocycles. The zero-order valence-electron chi connectivity index (χ0n) is 12.0. The van der Waals surface area contributed by atoms with E-state index >= 15 is 0 Å². The summed E-state index contributed by atoms with van der Waals surface area (Å²) in [6, 6.07) is 1.53.